The van der Waals surface area contributed by atoms with Gasteiger partial charge in [0.15, 0.2) is 0 Å². The van der Waals surface area contributed by atoms with E-state index in [-0.39, 0.29) is 43.5 Å². The number of phenols is 2. The van der Waals surface area contributed by atoms with Gasteiger partial charge in [-0.1, -0.05) is 6.07 Å². The van der Waals surface area contributed by atoms with E-state index in [2.05, 4.69) is 5.32 Å². The maximum absolute atomic E-state index is 12.6. The Kier molecular flexibility index (Phi) is 9.90. The predicted octanol–water partition coefficient (Wildman–Crippen LogP) is 1.44. The van der Waals surface area contributed by atoms with Crippen molar-refractivity contribution in [2.75, 3.05) is 25.2 Å². The third-order valence-corrected chi connectivity index (χ3v) is 4.53. The van der Waals surface area contributed by atoms with E-state index in [1.54, 1.807) is 18.7 Å². The van der Waals surface area contributed by atoms with Gasteiger partial charge in [-0.25, -0.2) is 4.79 Å². The van der Waals surface area contributed by atoms with Crippen LogP contribution in [-0.4, -0.2) is 58.5 Å². The molecular formula is C18H27NO6S. The number of benzene rings is 1. The standard InChI is InChI=1S/C18H27NO6S/c1-3-25-18(24)15(7-9-26-2)19-17(23)13(6-8-20)10-12-4-5-14(21)11-16(12)22/h4-5,11,13,15,20-22H,3,6-10H2,1-2H3,(H,19,23). The van der Waals surface area contributed by atoms with Gasteiger partial charge in [0.05, 0.1) is 6.61 Å². The van der Waals surface area contributed by atoms with Crippen LogP contribution in [0.15, 0.2) is 18.2 Å². The molecule has 1 aromatic carbocycles. The summed E-state index contributed by atoms with van der Waals surface area (Å²) in [6.07, 6.45) is 2.72. The molecule has 0 saturated carbocycles. The first-order valence-corrected chi connectivity index (χ1v) is 9.89. The number of carbonyl (C=O) groups is 2. The minimum absolute atomic E-state index is 0.0751. The van der Waals surface area contributed by atoms with Crippen molar-refractivity contribution in [1.82, 2.24) is 5.32 Å². The molecule has 2 unspecified atom stereocenters. The van der Waals surface area contributed by atoms with Gasteiger partial charge in [0.25, 0.3) is 0 Å². The molecule has 26 heavy (non-hydrogen) atoms. The van der Waals surface area contributed by atoms with Crippen molar-refractivity contribution in [2.24, 2.45) is 5.92 Å². The number of rotatable bonds is 11. The largest absolute Gasteiger partial charge is 0.508 e. The van der Waals surface area contributed by atoms with Gasteiger partial charge in [-0.2, -0.15) is 11.8 Å². The highest BCUT2D eigenvalue weighted by atomic mass is 32.2. The smallest absolute Gasteiger partial charge is 0.328 e. The third kappa shape index (κ3) is 7.13. The molecule has 1 amide bonds. The molecule has 4 N–H and O–H groups in total. The number of ether oxygens (including phenoxy) is 1. The van der Waals surface area contributed by atoms with Crippen molar-refractivity contribution in [1.29, 1.82) is 0 Å². The summed E-state index contributed by atoms with van der Waals surface area (Å²) in [6, 6.07) is 3.40. The summed E-state index contributed by atoms with van der Waals surface area (Å²) in [5.41, 5.74) is 0.480. The topological polar surface area (TPSA) is 116 Å². The first-order valence-electron chi connectivity index (χ1n) is 8.50. The Hall–Kier alpha value is -1.93. The summed E-state index contributed by atoms with van der Waals surface area (Å²) in [5.74, 6) is -0.996. The molecule has 7 nitrogen and oxygen atoms in total. The average molecular weight is 385 g/mol. The van der Waals surface area contributed by atoms with Gasteiger partial charge in [0.2, 0.25) is 5.91 Å². The van der Waals surface area contributed by atoms with E-state index in [1.165, 1.54) is 18.2 Å². The zero-order chi connectivity index (χ0) is 19.5. The average Bonchev–Trinajstić information content (AvgIpc) is 2.60. The lowest BCUT2D eigenvalue weighted by molar-refractivity contribution is -0.148. The Morgan fingerprint density at radius 3 is 2.58 bits per heavy atom. The number of amides is 1. The lowest BCUT2D eigenvalue weighted by Gasteiger charge is -2.21. The number of aromatic hydroxyl groups is 2. The zero-order valence-electron chi connectivity index (χ0n) is 15.1. The quantitative estimate of drug-likeness (QED) is 0.426. The van der Waals surface area contributed by atoms with Crippen LogP contribution in [0.1, 0.15) is 25.3 Å². The summed E-state index contributed by atoms with van der Waals surface area (Å²) in [5, 5.41) is 31.3. The highest BCUT2D eigenvalue weighted by Crippen LogP contribution is 2.26. The Bertz CT molecular complexity index is 595. The van der Waals surface area contributed by atoms with E-state index < -0.39 is 17.9 Å². The molecule has 1 aromatic rings. The molecule has 0 saturated heterocycles. The number of esters is 1. The van der Waals surface area contributed by atoms with Crippen LogP contribution in [0.3, 0.4) is 0 Å². The van der Waals surface area contributed by atoms with Crippen molar-refractivity contribution in [3.8, 4) is 11.5 Å². The summed E-state index contributed by atoms with van der Waals surface area (Å²) < 4.78 is 5.01. The number of nitrogens with one attached hydrogen (secondary N) is 1. The number of aliphatic hydroxyl groups excluding tert-OH is 1. The molecule has 0 aliphatic carbocycles. The molecule has 0 fully saturated rings. The van der Waals surface area contributed by atoms with Crippen molar-refractivity contribution in [3.05, 3.63) is 23.8 Å². The van der Waals surface area contributed by atoms with Crippen LogP contribution < -0.4 is 5.32 Å². The van der Waals surface area contributed by atoms with Gasteiger partial charge >= 0.3 is 5.97 Å². The fourth-order valence-corrected chi connectivity index (χ4v) is 2.96. The van der Waals surface area contributed by atoms with Gasteiger partial charge < -0.3 is 25.4 Å². The van der Waals surface area contributed by atoms with E-state index in [9.17, 15) is 24.9 Å². The van der Waals surface area contributed by atoms with Crippen molar-refractivity contribution in [2.45, 2.75) is 32.2 Å². The molecule has 0 radical (unpaired) electrons. The van der Waals surface area contributed by atoms with Crippen LogP contribution in [-0.2, 0) is 20.7 Å². The van der Waals surface area contributed by atoms with Crippen molar-refractivity contribution >= 4 is 23.6 Å². The molecule has 0 bridgehead atoms. The Labute approximate surface area is 157 Å². The Morgan fingerprint density at radius 2 is 2.00 bits per heavy atom. The monoisotopic (exact) mass is 385 g/mol. The lowest BCUT2D eigenvalue weighted by atomic mass is 9.94. The van der Waals surface area contributed by atoms with E-state index in [4.69, 9.17) is 4.74 Å². The van der Waals surface area contributed by atoms with Crippen LogP contribution >= 0.6 is 11.8 Å². The fourth-order valence-electron chi connectivity index (χ4n) is 2.49. The number of hydrogen-bond donors (Lipinski definition) is 4. The lowest BCUT2D eigenvalue weighted by Crippen LogP contribution is -2.45. The summed E-state index contributed by atoms with van der Waals surface area (Å²) in [6.45, 7) is 1.73. The van der Waals surface area contributed by atoms with Crippen molar-refractivity contribution in [3.63, 3.8) is 0 Å². The van der Waals surface area contributed by atoms with Crippen LogP contribution in [0.2, 0.25) is 0 Å². The molecule has 146 valence electrons. The SMILES string of the molecule is CCOC(=O)C(CCSC)NC(=O)C(CCO)Cc1ccc(O)cc1O. The highest BCUT2D eigenvalue weighted by Gasteiger charge is 2.26. The second-order valence-corrected chi connectivity index (χ2v) is 6.81. The van der Waals surface area contributed by atoms with Gasteiger partial charge in [-0.3, -0.25) is 4.79 Å². The molecular weight excluding hydrogens is 358 g/mol. The summed E-state index contributed by atoms with van der Waals surface area (Å²) in [7, 11) is 0. The first kappa shape index (κ1) is 22.1. The minimum Gasteiger partial charge on any atom is -0.508 e. The molecule has 8 heteroatoms. The van der Waals surface area contributed by atoms with Crippen LogP contribution in [0.4, 0.5) is 0 Å². The zero-order valence-corrected chi connectivity index (χ0v) is 15.9. The maximum atomic E-state index is 12.6. The number of phenolic OH excluding ortho intramolecular Hbond substituents is 2. The number of aliphatic hydroxyl groups is 1. The normalized spacial score (nSPS) is 13.0. The molecule has 1 rings (SSSR count). The van der Waals surface area contributed by atoms with Crippen molar-refractivity contribution < 1.29 is 29.6 Å². The highest BCUT2D eigenvalue weighted by molar-refractivity contribution is 7.98. The van der Waals surface area contributed by atoms with Crippen LogP contribution in [0, 0.1) is 5.92 Å². The molecule has 0 aliphatic rings. The molecule has 0 heterocycles. The third-order valence-electron chi connectivity index (χ3n) is 3.88. The number of hydrogen-bond acceptors (Lipinski definition) is 7. The van der Waals surface area contributed by atoms with E-state index in [0.29, 0.717) is 17.7 Å². The van der Waals surface area contributed by atoms with Crippen LogP contribution in [0.5, 0.6) is 11.5 Å². The van der Waals surface area contributed by atoms with Crippen LogP contribution in [0.25, 0.3) is 0 Å². The van der Waals surface area contributed by atoms with Gasteiger partial charge in [0.1, 0.15) is 17.5 Å². The summed E-state index contributed by atoms with van der Waals surface area (Å²) >= 11 is 1.56. The van der Waals surface area contributed by atoms with Gasteiger partial charge in [0, 0.05) is 18.6 Å². The molecule has 0 aliphatic heterocycles. The second-order valence-electron chi connectivity index (χ2n) is 5.82. The Morgan fingerprint density at radius 1 is 1.27 bits per heavy atom. The molecule has 0 aromatic heterocycles. The van der Waals surface area contributed by atoms with Gasteiger partial charge in [-0.05, 0) is 49.8 Å². The fraction of sp³-hybridized carbons (Fsp3) is 0.556. The Balaban J connectivity index is 2.85. The van der Waals surface area contributed by atoms with E-state index in [1.807, 2.05) is 6.26 Å². The summed E-state index contributed by atoms with van der Waals surface area (Å²) in [4.78, 5) is 24.7. The maximum Gasteiger partial charge on any atom is 0.328 e. The molecule has 0 spiro atoms. The van der Waals surface area contributed by atoms with E-state index in [0.717, 1.165) is 0 Å². The minimum atomic E-state index is -0.746. The second kappa shape index (κ2) is 11.6. The molecule has 2 atom stereocenters. The number of carbonyl (C=O) groups excluding carboxylic acids is 2. The first-order chi connectivity index (χ1) is 12.4. The van der Waals surface area contributed by atoms with Gasteiger partial charge in [-0.15, -0.1) is 0 Å². The van der Waals surface area contributed by atoms with E-state index >= 15 is 0 Å². The predicted molar refractivity (Wildman–Crippen MR) is 100 cm³/mol. The number of thioether (sulfide) groups is 1.